The van der Waals surface area contributed by atoms with E-state index >= 15 is 0 Å². The first-order valence-electron chi connectivity index (χ1n) is 5.77. The van der Waals surface area contributed by atoms with Crippen molar-refractivity contribution in [3.63, 3.8) is 0 Å². The van der Waals surface area contributed by atoms with Gasteiger partial charge in [0.1, 0.15) is 5.52 Å². The van der Waals surface area contributed by atoms with Crippen LogP contribution in [0.4, 0.5) is 14.5 Å². The molecule has 0 atom stereocenters. The fraction of sp³-hybridized carbons (Fsp3) is 0. The molecule has 0 aliphatic rings. The molecular weight excluding hydrogens is 302 g/mol. The van der Waals surface area contributed by atoms with E-state index in [1.165, 1.54) is 24.6 Å². The Morgan fingerprint density at radius 1 is 1.05 bits per heavy atom. The van der Waals surface area contributed by atoms with Crippen LogP contribution in [0, 0.1) is 11.6 Å². The Bertz CT molecular complexity index is 922. The van der Waals surface area contributed by atoms with Gasteiger partial charge in [0, 0.05) is 12.1 Å². The van der Waals surface area contributed by atoms with Gasteiger partial charge in [0.15, 0.2) is 23.6 Å². The number of anilines is 1. The van der Waals surface area contributed by atoms with Crippen LogP contribution in [0.15, 0.2) is 52.1 Å². The normalized spacial score (nSPS) is 11.7. The van der Waals surface area contributed by atoms with Crippen LogP contribution in [-0.4, -0.2) is 13.4 Å². The zero-order valence-electron chi connectivity index (χ0n) is 10.4. The highest BCUT2D eigenvalue weighted by molar-refractivity contribution is 7.92. The Kier molecular flexibility index (Phi) is 3.09. The van der Waals surface area contributed by atoms with Crippen molar-refractivity contribution in [2.75, 3.05) is 4.72 Å². The fourth-order valence-electron chi connectivity index (χ4n) is 1.78. The van der Waals surface area contributed by atoms with Crippen molar-refractivity contribution in [2.45, 2.75) is 4.90 Å². The molecule has 0 saturated carbocycles. The van der Waals surface area contributed by atoms with E-state index < -0.39 is 21.7 Å². The molecule has 1 N–H and O–H groups in total. The van der Waals surface area contributed by atoms with Gasteiger partial charge < -0.3 is 4.42 Å². The summed E-state index contributed by atoms with van der Waals surface area (Å²) in [6, 6.07) is 6.85. The van der Waals surface area contributed by atoms with Crippen LogP contribution in [0.25, 0.3) is 11.1 Å². The van der Waals surface area contributed by atoms with Crippen molar-refractivity contribution in [3.05, 3.63) is 54.4 Å². The molecule has 0 aliphatic heterocycles. The van der Waals surface area contributed by atoms with Crippen LogP contribution in [0.5, 0.6) is 0 Å². The lowest BCUT2D eigenvalue weighted by Crippen LogP contribution is -2.13. The Balaban J connectivity index is 1.97. The SMILES string of the molecule is O=S(=O)(Nc1ccc(F)c(F)c1)c1ccc2ncoc2c1. The van der Waals surface area contributed by atoms with Crippen molar-refractivity contribution in [1.29, 1.82) is 0 Å². The molecule has 0 saturated heterocycles. The highest BCUT2D eigenvalue weighted by Gasteiger charge is 2.16. The number of oxazole rings is 1. The van der Waals surface area contributed by atoms with E-state index in [1.807, 2.05) is 0 Å². The predicted octanol–water partition coefficient (Wildman–Crippen LogP) is 2.91. The molecule has 108 valence electrons. The number of halogens is 2. The molecule has 0 unspecified atom stereocenters. The summed E-state index contributed by atoms with van der Waals surface area (Å²) in [5, 5.41) is 0. The fourth-order valence-corrected chi connectivity index (χ4v) is 2.84. The van der Waals surface area contributed by atoms with Gasteiger partial charge in [-0.15, -0.1) is 0 Å². The third-order valence-electron chi connectivity index (χ3n) is 2.78. The average molecular weight is 310 g/mol. The molecule has 2 aromatic carbocycles. The number of hydrogen-bond donors (Lipinski definition) is 1. The molecular formula is C13H8F2N2O3S. The Morgan fingerprint density at radius 3 is 2.62 bits per heavy atom. The van der Waals surface area contributed by atoms with E-state index in [-0.39, 0.29) is 10.6 Å². The molecule has 1 heterocycles. The van der Waals surface area contributed by atoms with E-state index in [1.54, 1.807) is 0 Å². The number of fused-ring (bicyclic) bond motifs is 1. The van der Waals surface area contributed by atoms with Crippen molar-refractivity contribution < 1.29 is 21.6 Å². The number of benzene rings is 2. The van der Waals surface area contributed by atoms with Gasteiger partial charge in [-0.05, 0) is 24.3 Å². The summed E-state index contributed by atoms with van der Waals surface area (Å²) in [5.41, 5.74) is 0.747. The molecule has 5 nitrogen and oxygen atoms in total. The van der Waals surface area contributed by atoms with Gasteiger partial charge in [-0.3, -0.25) is 4.72 Å². The molecule has 1 aromatic heterocycles. The highest BCUT2D eigenvalue weighted by atomic mass is 32.2. The number of nitrogens with zero attached hydrogens (tertiary/aromatic N) is 1. The van der Waals surface area contributed by atoms with Gasteiger partial charge in [0.2, 0.25) is 0 Å². The van der Waals surface area contributed by atoms with E-state index in [9.17, 15) is 17.2 Å². The number of sulfonamides is 1. The van der Waals surface area contributed by atoms with Gasteiger partial charge in [-0.2, -0.15) is 0 Å². The lowest BCUT2D eigenvalue weighted by Gasteiger charge is -2.08. The van der Waals surface area contributed by atoms with Crippen LogP contribution in [-0.2, 0) is 10.0 Å². The summed E-state index contributed by atoms with van der Waals surface area (Å²) in [6.45, 7) is 0. The maximum absolute atomic E-state index is 13.1. The minimum atomic E-state index is -3.94. The van der Waals surface area contributed by atoms with Gasteiger partial charge in [-0.25, -0.2) is 22.2 Å². The van der Waals surface area contributed by atoms with Crippen LogP contribution in [0.1, 0.15) is 0 Å². The van der Waals surface area contributed by atoms with Crippen molar-refractivity contribution in [2.24, 2.45) is 0 Å². The summed E-state index contributed by atoms with van der Waals surface area (Å²) in [6.07, 6.45) is 1.20. The van der Waals surface area contributed by atoms with E-state index in [4.69, 9.17) is 4.42 Å². The minimum absolute atomic E-state index is 0.0727. The topological polar surface area (TPSA) is 72.2 Å². The average Bonchev–Trinajstić information content (AvgIpc) is 2.90. The van der Waals surface area contributed by atoms with Gasteiger partial charge in [-0.1, -0.05) is 0 Å². The van der Waals surface area contributed by atoms with Crippen molar-refractivity contribution >= 4 is 26.8 Å². The van der Waals surface area contributed by atoms with Crippen LogP contribution >= 0.6 is 0 Å². The molecule has 0 radical (unpaired) electrons. The second-order valence-electron chi connectivity index (χ2n) is 4.22. The standard InChI is InChI=1S/C13H8F2N2O3S/c14-10-3-1-8(5-11(10)15)17-21(18,19)9-2-4-12-13(6-9)20-7-16-12/h1-7,17H. The first kappa shape index (κ1) is 13.5. The van der Waals surface area contributed by atoms with Gasteiger partial charge >= 0.3 is 0 Å². The molecule has 8 heteroatoms. The molecule has 0 fully saturated rings. The Hall–Kier alpha value is -2.48. The van der Waals surface area contributed by atoms with E-state index in [0.717, 1.165) is 18.2 Å². The summed E-state index contributed by atoms with van der Waals surface area (Å²) < 4.78 is 57.4. The second kappa shape index (κ2) is 4.81. The van der Waals surface area contributed by atoms with E-state index in [2.05, 4.69) is 9.71 Å². The second-order valence-corrected chi connectivity index (χ2v) is 5.90. The third-order valence-corrected chi connectivity index (χ3v) is 4.16. The van der Waals surface area contributed by atoms with Crippen LogP contribution in [0.3, 0.4) is 0 Å². The van der Waals surface area contributed by atoms with Crippen LogP contribution < -0.4 is 4.72 Å². The monoisotopic (exact) mass is 310 g/mol. The zero-order valence-corrected chi connectivity index (χ0v) is 11.2. The van der Waals surface area contributed by atoms with Crippen molar-refractivity contribution in [3.8, 4) is 0 Å². The minimum Gasteiger partial charge on any atom is -0.443 e. The first-order chi connectivity index (χ1) is 9.95. The predicted molar refractivity (Wildman–Crippen MR) is 71.2 cm³/mol. The van der Waals surface area contributed by atoms with Crippen molar-refractivity contribution in [1.82, 2.24) is 4.98 Å². The van der Waals surface area contributed by atoms with E-state index in [0.29, 0.717) is 11.1 Å². The lowest BCUT2D eigenvalue weighted by atomic mass is 10.3. The Morgan fingerprint density at radius 2 is 1.86 bits per heavy atom. The number of aromatic nitrogens is 1. The molecule has 0 bridgehead atoms. The molecule has 3 aromatic rings. The maximum atomic E-state index is 13.1. The number of rotatable bonds is 3. The summed E-state index contributed by atoms with van der Waals surface area (Å²) >= 11 is 0. The highest BCUT2D eigenvalue weighted by Crippen LogP contribution is 2.21. The summed E-state index contributed by atoms with van der Waals surface area (Å²) in [4.78, 5) is 3.80. The third kappa shape index (κ3) is 2.57. The lowest BCUT2D eigenvalue weighted by molar-refractivity contribution is 0.509. The van der Waals surface area contributed by atoms with Gasteiger partial charge in [0.25, 0.3) is 10.0 Å². The molecule has 0 amide bonds. The zero-order chi connectivity index (χ0) is 15.0. The molecule has 3 rings (SSSR count). The quantitative estimate of drug-likeness (QED) is 0.807. The van der Waals surface area contributed by atoms with Gasteiger partial charge in [0.05, 0.1) is 10.6 Å². The first-order valence-corrected chi connectivity index (χ1v) is 7.25. The summed E-state index contributed by atoms with van der Waals surface area (Å²) in [5.74, 6) is -2.19. The van der Waals surface area contributed by atoms with Crippen LogP contribution in [0.2, 0.25) is 0 Å². The molecule has 0 aliphatic carbocycles. The molecule has 21 heavy (non-hydrogen) atoms. The summed E-state index contributed by atoms with van der Waals surface area (Å²) in [7, 11) is -3.94. The number of hydrogen-bond acceptors (Lipinski definition) is 4. The Labute approximate surface area is 118 Å². The largest absolute Gasteiger partial charge is 0.443 e. The maximum Gasteiger partial charge on any atom is 0.262 e. The molecule has 0 spiro atoms. The smallest absolute Gasteiger partial charge is 0.262 e. The number of nitrogens with one attached hydrogen (secondary N) is 1.